The van der Waals surface area contributed by atoms with E-state index in [0.717, 1.165) is 12.8 Å². The standard InChI is InChI=1S/C16H27FO/c1-4-9-15(13(3)17)18-16(10-5-2)14-11-7-6-8-12-14/h5,14,16H,2,4,6-12H2,1,3H3/b15-13-. The van der Waals surface area contributed by atoms with Crippen molar-refractivity contribution in [1.82, 2.24) is 0 Å². The maximum absolute atomic E-state index is 13.4. The summed E-state index contributed by atoms with van der Waals surface area (Å²) in [6.45, 7) is 7.35. The third-order valence-electron chi connectivity index (χ3n) is 3.73. The minimum absolute atomic E-state index is 0.120. The molecule has 0 N–H and O–H groups in total. The molecule has 0 spiro atoms. The quantitative estimate of drug-likeness (QED) is 0.429. The third kappa shape index (κ3) is 4.83. The van der Waals surface area contributed by atoms with Crippen LogP contribution < -0.4 is 0 Å². The SMILES string of the molecule is C=CCC(O/C(CCC)=C(/C)F)C1CCCCC1. The van der Waals surface area contributed by atoms with E-state index in [-0.39, 0.29) is 11.9 Å². The van der Waals surface area contributed by atoms with Crippen LogP contribution in [0.4, 0.5) is 4.39 Å². The maximum Gasteiger partial charge on any atom is 0.134 e. The first-order valence-corrected chi connectivity index (χ1v) is 7.31. The van der Waals surface area contributed by atoms with E-state index in [1.165, 1.54) is 39.0 Å². The molecule has 1 fully saturated rings. The van der Waals surface area contributed by atoms with Gasteiger partial charge in [-0.1, -0.05) is 32.3 Å². The molecule has 1 atom stereocenters. The zero-order valence-corrected chi connectivity index (χ0v) is 11.9. The molecule has 0 aromatic rings. The van der Waals surface area contributed by atoms with Crippen LogP contribution in [-0.4, -0.2) is 6.10 Å². The van der Waals surface area contributed by atoms with Gasteiger partial charge in [0, 0.05) is 12.8 Å². The average molecular weight is 254 g/mol. The van der Waals surface area contributed by atoms with Gasteiger partial charge in [0.05, 0.1) is 0 Å². The van der Waals surface area contributed by atoms with E-state index < -0.39 is 0 Å². The molecule has 0 aromatic carbocycles. The lowest BCUT2D eigenvalue weighted by Gasteiger charge is -2.31. The van der Waals surface area contributed by atoms with E-state index in [2.05, 4.69) is 13.5 Å². The van der Waals surface area contributed by atoms with Crippen LogP contribution in [0, 0.1) is 5.92 Å². The molecule has 0 radical (unpaired) electrons. The van der Waals surface area contributed by atoms with Crippen molar-refractivity contribution in [2.75, 3.05) is 0 Å². The molecule has 0 saturated heterocycles. The van der Waals surface area contributed by atoms with Crippen molar-refractivity contribution in [2.45, 2.75) is 71.3 Å². The molecular formula is C16H27FO. The monoisotopic (exact) mass is 254 g/mol. The summed E-state index contributed by atoms with van der Waals surface area (Å²) in [5.41, 5.74) is 0. The number of ether oxygens (including phenoxy) is 1. The van der Waals surface area contributed by atoms with Crippen LogP contribution in [0.15, 0.2) is 24.2 Å². The fourth-order valence-electron chi connectivity index (χ4n) is 2.73. The second-order valence-electron chi connectivity index (χ2n) is 5.29. The Bertz CT molecular complexity index is 273. The Morgan fingerprint density at radius 2 is 2.06 bits per heavy atom. The fourth-order valence-corrected chi connectivity index (χ4v) is 2.73. The molecule has 1 nitrogen and oxygen atoms in total. The molecule has 0 aliphatic heterocycles. The molecule has 0 aromatic heterocycles. The predicted octanol–water partition coefficient (Wildman–Crippen LogP) is 5.53. The van der Waals surface area contributed by atoms with Crippen molar-refractivity contribution in [1.29, 1.82) is 0 Å². The van der Waals surface area contributed by atoms with Gasteiger partial charge in [-0.15, -0.1) is 6.58 Å². The fraction of sp³-hybridized carbons (Fsp3) is 0.750. The van der Waals surface area contributed by atoms with Crippen molar-refractivity contribution in [3.05, 3.63) is 24.2 Å². The van der Waals surface area contributed by atoms with Gasteiger partial charge in [-0.2, -0.15) is 0 Å². The number of rotatable bonds is 7. The van der Waals surface area contributed by atoms with Crippen molar-refractivity contribution >= 4 is 0 Å². The van der Waals surface area contributed by atoms with Gasteiger partial charge in [-0.3, -0.25) is 0 Å². The molecule has 2 heteroatoms. The van der Waals surface area contributed by atoms with Crippen LogP contribution >= 0.6 is 0 Å². The van der Waals surface area contributed by atoms with Gasteiger partial charge < -0.3 is 4.74 Å². The summed E-state index contributed by atoms with van der Waals surface area (Å²) in [5.74, 6) is 0.958. The highest BCUT2D eigenvalue weighted by molar-refractivity contribution is 4.99. The lowest BCUT2D eigenvalue weighted by atomic mass is 9.84. The maximum atomic E-state index is 13.4. The van der Waals surface area contributed by atoms with E-state index in [9.17, 15) is 4.39 Å². The number of hydrogen-bond acceptors (Lipinski definition) is 1. The highest BCUT2D eigenvalue weighted by Gasteiger charge is 2.25. The second-order valence-corrected chi connectivity index (χ2v) is 5.29. The predicted molar refractivity (Wildman–Crippen MR) is 75.0 cm³/mol. The molecule has 104 valence electrons. The third-order valence-corrected chi connectivity index (χ3v) is 3.73. The highest BCUT2D eigenvalue weighted by atomic mass is 19.1. The summed E-state index contributed by atoms with van der Waals surface area (Å²) in [6, 6.07) is 0. The van der Waals surface area contributed by atoms with E-state index in [4.69, 9.17) is 4.74 Å². The lowest BCUT2D eigenvalue weighted by molar-refractivity contribution is 0.0403. The minimum Gasteiger partial charge on any atom is -0.491 e. The average Bonchev–Trinajstić information content (AvgIpc) is 2.38. The molecule has 1 saturated carbocycles. The summed E-state index contributed by atoms with van der Waals surface area (Å²) in [6.07, 6.45) is 10.8. The smallest absolute Gasteiger partial charge is 0.134 e. The van der Waals surface area contributed by atoms with Crippen LogP contribution in [0.25, 0.3) is 0 Å². The topological polar surface area (TPSA) is 9.23 Å². The zero-order valence-electron chi connectivity index (χ0n) is 11.9. The normalized spacial score (nSPS) is 20.2. The summed E-state index contributed by atoms with van der Waals surface area (Å²) in [7, 11) is 0. The molecular weight excluding hydrogens is 227 g/mol. The van der Waals surface area contributed by atoms with Gasteiger partial charge in [0.25, 0.3) is 0 Å². The minimum atomic E-state index is -0.165. The first kappa shape index (κ1) is 15.3. The van der Waals surface area contributed by atoms with Crippen molar-refractivity contribution in [2.24, 2.45) is 5.92 Å². The van der Waals surface area contributed by atoms with Crippen molar-refractivity contribution in [3.63, 3.8) is 0 Å². The Hall–Kier alpha value is -0.790. The number of hydrogen-bond donors (Lipinski definition) is 0. The first-order valence-electron chi connectivity index (χ1n) is 7.31. The van der Waals surface area contributed by atoms with Crippen LogP contribution in [0.5, 0.6) is 0 Å². The number of allylic oxidation sites excluding steroid dienone is 2. The molecule has 0 heterocycles. The van der Waals surface area contributed by atoms with Crippen LogP contribution in [0.3, 0.4) is 0 Å². The summed E-state index contributed by atoms with van der Waals surface area (Å²) >= 11 is 0. The van der Waals surface area contributed by atoms with E-state index in [1.54, 1.807) is 0 Å². The molecule has 1 unspecified atom stereocenters. The number of halogens is 1. The Balaban J connectivity index is 2.65. The molecule has 0 amide bonds. The van der Waals surface area contributed by atoms with Crippen molar-refractivity contribution in [3.8, 4) is 0 Å². The van der Waals surface area contributed by atoms with Gasteiger partial charge in [0.1, 0.15) is 17.7 Å². The Kier molecular flexibility index (Phi) is 7.07. The molecule has 18 heavy (non-hydrogen) atoms. The van der Waals surface area contributed by atoms with E-state index >= 15 is 0 Å². The summed E-state index contributed by atoms with van der Waals surface area (Å²) in [4.78, 5) is 0. The molecule has 1 aliphatic carbocycles. The summed E-state index contributed by atoms with van der Waals surface area (Å²) in [5, 5.41) is 0. The van der Waals surface area contributed by atoms with Gasteiger partial charge in [0.2, 0.25) is 0 Å². The first-order chi connectivity index (χ1) is 8.69. The Labute approximate surface area is 111 Å². The largest absolute Gasteiger partial charge is 0.491 e. The van der Waals surface area contributed by atoms with Crippen LogP contribution in [-0.2, 0) is 4.74 Å². The lowest BCUT2D eigenvalue weighted by Crippen LogP contribution is -2.25. The van der Waals surface area contributed by atoms with E-state index in [1.807, 2.05) is 6.08 Å². The van der Waals surface area contributed by atoms with E-state index in [0.29, 0.717) is 18.1 Å². The van der Waals surface area contributed by atoms with Crippen LogP contribution in [0.1, 0.15) is 65.2 Å². The Morgan fingerprint density at radius 3 is 2.56 bits per heavy atom. The molecule has 1 aliphatic rings. The van der Waals surface area contributed by atoms with Crippen LogP contribution in [0.2, 0.25) is 0 Å². The van der Waals surface area contributed by atoms with Gasteiger partial charge in [-0.05, 0) is 32.1 Å². The summed E-state index contributed by atoms with van der Waals surface area (Å²) < 4.78 is 19.4. The molecule has 1 rings (SSSR count). The molecule has 0 bridgehead atoms. The zero-order chi connectivity index (χ0) is 13.4. The Morgan fingerprint density at radius 1 is 1.39 bits per heavy atom. The van der Waals surface area contributed by atoms with Gasteiger partial charge >= 0.3 is 0 Å². The highest BCUT2D eigenvalue weighted by Crippen LogP contribution is 2.32. The van der Waals surface area contributed by atoms with Gasteiger partial charge in [-0.25, -0.2) is 4.39 Å². The van der Waals surface area contributed by atoms with Gasteiger partial charge in [0.15, 0.2) is 0 Å². The van der Waals surface area contributed by atoms with Crippen molar-refractivity contribution < 1.29 is 9.13 Å². The second kappa shape index (κ2) is 8.34.